The summed E-state index contributed by atoms with van der Waals surface area (Å²) in [7, 11) is -1.08. The number of nitrogens with two attached hydrogens (primary N) is 1. The Labute approximate surface area is 208 Å². The molecule has 0 radical (unpaired) electrons. The molecular formula is C25H38N4O5S. The van der Waals surface area contributed by atoms with Gasteiger partial charge in [0.15, 0.2) is 0 Å². The van der Waals surface area contributed by atoms with Gasteiger partial charge in [-0.2, -0.15) is 0 Å². The Kier molecular flexibility index (Phi) is 12.4. The molecule has 0 aromatic heterocycles. The average molecular weight is 507 g/mol. The van der Waals surface area contributed by atoms with E-state index < -0.39 is 21.9 Å². The van der Waals surface area contributed by atoms with Crippen molar-refractivity contribution >= 4 is 22.0 Å². The number of phenolic OH excluding ortho intramolecular Hbond substituents is 1. The summed E-state index contributed by atoms with van der Waals surface area (Å²) in [6, 6.07) is 11.8. The number of likely N-dealkylation sites (N-methyl/N-ethyl adjacent to an activating group) is 1. The Balaban J connectivity index is 0.00000298. The van der Waals surface area contributed by atoms with Crippen LogP contribution < -0.4 is 11.1 Å². The number of hydrogen-bond donors (Lipinski definition) is 4. The zero-order chi connectivity index (χ0) is 26.6. The van der Waals surface area contributed by atoms with Gasteiger partial charge in [0.2, 0.25) is 10.0 Å². The number of carbonyl (C=O) groups excluding carboxylic acids is 1. The first-order valence-electron chi connectivity index (χ1n) is 11.5. The van der Waals surface area contributed by atoms with Crippen molar-refractivity contribution in [2.75, 3.05) is 27.2 Å². The highest BCUT2D eigenvalue weighted by Gasteiger charge is 2.25. The van der Waals surface area contributed by atoms with Crippen LogP contribution in [0.15, 0.2) is 47.4 Å². The van der Waals surface area contributed by atoms with Crippen molar-refractivity contribution in [3.63, 3.8) is 0 Å². The minimum absolute atomic E-state index is 0.136. The number of aromatic hydroxyl groups is 1. The van der Waals surface area contributed by atoms with Crippen molar-refractivity contribution in [1.82, 2.24) is 9.62 Å². The number of amides is 1. The van der Waals surface area contributed by atoms with Crippen molar-refractivity contribution in [3.05, 3.63) is 59.2 Å². The third kappa shape index (κ3) is 8.97. The molecule has 2 aromatic rings. The van der Waals surface area contributed by atoms with E-state index in [1.54, 1.807) is 0 Å². The summed E-state index contributed by atoms with van der Waals surface area (Å²) in [5, 5.41) is 20.5. The number of rotatable bonds is 10. The lowest BCUT2D eigenvalue weighted by Gasteiger charge is -2.19. The summed E-state index contributed by atoms with van der Waals surface area (Å²) in [4.78, 5) is 11.5. The maximum Gasteiger partial charge on any atom is 0.412 e. The van der Waals surface area contributed by atoms with Gasteiger partial charge in [0.05, 0.1) is 6.61 Å². The molecule has 194 valence electrons. The standard InChI is InChI=1S/C24H33N3O5S.CH5N/c1-5-6-15-32-24(29)26-23(25)20-11-12-21(28)22(16-20)33(30,31)27(4)14-13-18-7-9-19(10-8-18)17(2)3;1-2/h7-12,16-17,28H,5-6,13-15H2,1-4H3,(H2,25,26,29);2H2,1H3. The van der Waals surface area contributed by atoms with Gasteiger partial charge in [-0.15, -0.1) is 0 Å². The molecule has 0 heterocycles. The maximum absolute atomic E-state index is 13.1. The van der Waals surface area contributed by atoms with Crippen LogP contribution in [-0.4, -0.2) is 57.0 Å². The number of unbranched alkanes of at least 4 members (excludes halogenated alkanes) is 1. The average Bonchev–Trinajstić information content (AvgIpc) is 2.84. The normalized spacial score (nSPS) is 11.1. The van der Waals surface area contributed by atoms with Crippen molar-refractivity contribution in [2.24, 2.45) is 5.73 Å². The second-order valence-corrected chi connectivity index (χ2v) is 10.2. The van der Waals surface area contributed by atoms with E-state index in [4.69, 9.17) is 10.1 Å². The van der Waals surface area contributed by atoms with Crippen LogP contribution in [0.4, 0.5) is 4.79 Å². The van der Waals surface area contributed by atoms with E-state index in [9.17, 15) is 18.3 Å². The number of benzene rings is 2. The van der Waals surface area contributed by atoms with Crippen LogP contribution in [0, 0.1) is 5.41 Å². The Morgan fingerprint density at radius 3 is 2.37 bits per heavy atom. The molecule has 0 fully saturated rings. The van der Waals surface area contributed by atoms with E-state index >= 15 is 0 Å². The first-order chi connectivity index (χ1) is 16.6. The van der Waals surface area contributed by atoms with Gasteiger partial charge in [0.1, 0.15) is 16.5 Å². The quantitative estimate of drug-likeness (QED) is 0.219. The zero-order valence-electron chi connectivity index (χ0n) is 21.2. The Morgan fingerprint density at radius 2 is 1.80 bits per heavy atom. The fourth-order valence-electron chi connectivity index (χ4n) is 3.04. The smallest absolute Gasteiger partial charge is 0.412 e. The van der Waals surface area contributed by atoms with Crippen LogP contribution in [0.2, 0.25) is 0 Å². The molecule has 2 rings (SSSR count). The van der Waals surface area contributed by atoms with Crippen LogP contribution in [0.3, 0.4) is 0 Å². The molecule has 0 aliphatic rings. The SMILES string of the molecule is CCCCOC(=O)NC(=N)c1ccc(O)c(S(=O)(=O)N(C)CCc2ccc(C(C)C)cc2)c1.CN. The van der Waals surface area contributed by atoms with Crippen molar-refractivity contribution in [1.29, 1.82) is 5.41 Å². The molecule has 0 spiro atoms. The monoisotopic (exact) mass is 506 g/mol. The summed E-state index contributed by atoms with van der Waals surface area (Å²) in [5.41, 5.74) is 6.86. The maximum atomic E-state index is 13.1. The largest absolute Gasteiger partial charge is 0.507 e. The molecule has 0 saturated carbocycles. The topological polar surface area (TPSA) is 146 Å². The number of alkyl carbamates (subject to hydrolysis) is 1. The lowest BCUT2D eigenvalue weighted by atomic mass is 10.0. The van der Waals surface area contributed by atoms with Crippen molar-refractivity contribution in [3.8, 4) is 5.75 Å². The van der Waals surface area contributed by atoms with E-state index in [1.807, 2.05) is 31.2 Å². The number of nitrogens with zero attached hydrogens (tertiary/aromatic N) is 1. The number of nitrogens with one attached hydrogen (secondary N) is 2. The summed E-state index contributed by atoms with van der Waals surface area (Å²) >= 11 is 0. The third-order valence-corrected chi connectivity index (χ3v) is 7.14. The number of phenols is 1. The van der Waals surface area contributed by atoms with Crippen LogP contribution in [-0.2, 0) is 21.2 Å². The first kappa shape index (κ1) is 30.1. The van der Waals surface area contributed by atoms with Crippen LogP contribution >= 0.6 is 0 Å². The molecule has 0 bridgehead atoms. The zero-order valence-corrected chi connectivity index (χ0v) is 22.0. The van der Waals surface area contributed by atoms with Crippen molar-refractivity contribution < 1.29 is 23.1 Å². The highest BCUT2D eigenvalue weighted by atomic mass is 32.2. The van der Waals surface area contributed by atoms with Gasteiger partial charge >= 0.3 is 6.09 Å². The minimum Gasteiger partial charge on any atom is -0.507 e. The lowest BCUT2D eigenvalue weighted by Crippen LogP contribution is -2.32. The van der Waals surface area contributed by atoms with E-state index in [2.05, 4.69) is 24.9 Å². The molecule has 0 aliphatic carbocycles. The summed E-state index contributed by atoms with van der Waals surface area (Å²) < 4.78 is 32.3. The molecule has 0 unspecified atom stereocenters. The van der Waals surface area contributed by atoms with Gasteiger partial charge in [0, 0.05) is 19.2 Å². The number of carbonyl (C=O) groups is 1. The number of sulfonamides is 1. The predicted octanol–water partition coefficient (Wildman–Crippen LogP) is 3.81. The Morgan fingerprint density at radius 1 is 1.17 bits per heavy atom. The van der Waals surface area contributed by atoms with Gasteiger partial charge in [-0.25, -0.2) is 17.5 Å². The van der Waals surface area contributed by atoms with Crippen molar-refractivity contribution in [2.45, 2.75) is 50.8 Å². The van der Waals surface area contributed by atoms with Crippen LogP contribution in [0.25, 0.3) is 0 Å². The Hall–Kier alpha value is -2.95. The van der Waals surface area contributed by atoms with Crippen LogP contribution in [0.5, 0.6) is 5.75 Å². The Bertz CT molecular complexity index is 1070. The van der Waals surface area contributed by atoms with E-state index in [0.29, 0.717) is 18.8 Å². The molecule has 35 heavy (non-hydrogen) atoms. The highest BCUT2D eigenvalue weighted by Crippen LogP contribution is 2.26. The fraction of sp³-hybridized carbons (Fsp3) is 0.440. The second kappa shape index (κ2) is 14.4. The van der Waals surface area contributed by atoms with Gasteiger partial charge in [-0.05, 0) is 55.1 Å². The highest BCUT2D eigenvalue weighted by molar-refractivity contribution is 7.89. The van der Waals surface area contributed by atoms with Crippen LogP contribution in [0.1, 0.15) is 56.2 Å². The van der Waals surface area contributed by atoms with Gasteiger partial charge < -0.3 is 15.6 Å². The summed E-state index contributed by atoms with van der Waals surface area (Å²) in [5.74, 6) is -0.324. The van der Waals surface area contributed by atoms with E-state index in [1.165, 1.54) is 37.9 Å². The number of ether oxygens (including phenoxy) is 1. The molecule has 0 atom stereocenters. The second-order valence-electron chi connectivity index (χ2n) is 8.14. The molecule has 9 nitrogen and oxygen atoms in total. The van der Waals surface area contributed by atoms with Gasteiger partial charge in [0.25, 0.3) is 0 Å². The minimum atomic E-state index is -4.02. The van der Waals surface area contributed by atoms with E-state index in [0.717, 1.165) is 16.3 Å². The predicted molar refractivity (Wildman–Crippen MR) is 138 cm³/mol. The molecular weight excluding hydrogens is 468 g/mol. The summed E-state index contributed by atoms with van der Waals surface area (Å²) in [6.07, 6.45) is 1.29. The molecule has 1 amide bonds. The van der Waals surface area contributed by atoms with Gasteiger partial charge in [-0.1, -0.05) is 51.5 Å². The molecule has 5 N–H and O–H groups in total. The number of hydrogen-bond acceptors (Lipinski definition) is 7. The molecule has 0 saturated heterocycles. The summed E-state index contributed by atoms with van der Waals surface area (Å²) in [6.45, 7) is 6.63. The molecule has 10 heteroatoms. The third-order valence-electron chi connectivity index (χ3n) is 5.26. The molecule has 2 aromatic carbocycles. The van der Waals surface area contributed by atoms with Gasteiger partial charge in [-0.3, -0.25) is 10.7 Å². The molecule has 0 aliphatic heterocycles. The fourth-order valence-corrected chi connectivity index (χ4v) is 4.32. The van der Waals surface area contributed by atoms with E-state index in [-0.39, 0.29) is 29.4 Å². The first-order valence-corrected chi connectivity index (χ1v) is 13.0. The lowest BCUT2D eigenvalue weighted by molar-refractivity contribution is 0.150. The number of amidine groups is 1.